The van der Waals surface area contributed by atoms with Crippen LogP contribution in [0.3, 0.4) is 0 Å². The van der Waals surface area contributed by atoms with Crippen molar-refractivity contribution in [2.45, 2.75) is 13.8 Å². The molecule has 0 aliphatic rings. The summed E-state index contributed by atoms with van der Waals surface area (Å²) >= 11 is 0. The Bertz CT molecular complexity index is 826. The molecular weight excluding hydrogens is 350 g/mol. The standard InChI is InChI=1S/C20H21NO6/c1-13-5-4-6-14(2)20(13)21-18(23)11-27-19(24)12-26-16-8-7-15(10-22)9-17(16)25-3/h4-10H,11-12H2,1-3H3,(H,21,23). The molecule has 0 aromatic heterocycles. The summed E-state index contributed by atoms with van der Waals surface area (Å²) in [7, 11) is 1.42. The Hall–Kier alpha value is -3.35. The third kappa shape index (κ3) is 5.57. The van der Waals surface area contributed by atoms with Crippen molar-refractivity contribution in [2.75, 3.05) is 25.6 Å². The summed E-state index contributed by atoms with van der Waals surface area (Å²) in [5, 5.41) is 2.73. The van der Waals surface area contributed by atoms with Crippen molar-refractivity contribution in [3.8, 4) is 11.5 Å². The monoisotopic (exact) mass is 371 g/mol. The second-order valence-corrected chi connectivity index (χ2v) is 5.79. The molecule has 0 bridgehead atoms. The number of anilines is 1. The molecule has 27 heavy (non-hydrogen) atoms. The van der Waals surface area contributed by atoms with Crippen LogP contribution in [-0.2, 0) is 14.3 Å². The fourth-order valence-corrected chi connectivity index (χ4v) is 2.39. The normalized spacial score (nSPS) is 10.0. The molecule has 1 N–H and O–H groups in total. The molecule has 0 radical (unpaired) electrons. The number of benzene rings is 2. The topological polar surface area (TPSA) is 90.9 Å². The van der Waals surface area contributed by atoms with E-state index >= 15 is 0 Å². The summed E-state index contributed by atoms with van der Waals surface area (Å²) in [6.45, 7) is 2.95. The number of amides is 1. The first-order chi connectivity index (χ1) is 12.9. The van der Waals surface area contributed by atoms with Crippen molar-refractivity contribution in [3.63, 3.8) is 0 Å². The molecule has 7 heteroatoms. The molecule has 142 valence electrons. The van der Waals surface area contributed by atoms with E-state index in [9.17, 15) is 14.4 Å². The highest BCUT2D eigenvalue weighted by atomic mass is 16.6. The van der Waals surface area contributed by atoms with Crippen LogP contribution < -0.4 is 14.8 Å². The molecule has 2 aromatic rings. The van der Waals surface area contributed by atoms with Crippen LogP contribution in [0.5, 0.6) is 11.5 Å². The fourth-order valence-electron chi connectivity index (χ4n) is 2.39. The SMILES string of the molecule is COc1cc(C=O)ccc1OCC(=O)OCC(=O)Nc1c(C)cccc1C. The first-order valence-electron chi connectivity index (χ1n) is 8.22. The first kappa shape index (κ1) is 20.0. The number of carbonyl (C=O) groups is 3. The third-order valence-corrected chi connectivity index (χ3v) is 3.78. The summed E-state index contributed by atoms with van der Waals surface area (Å²) < 4.78 is 15.4. The number of carbonyl (C=O) groups excluding carboxylic acids is 3. The number of aryl methyl sites for hydroxylation is 2. The lowest BCUT2D eigenvalue weighted by atomic mass is 10.1. The van der Waals surface area contributed by atoms with Crippen LogP contribution in [0.4, 0.5) is 5.69 Å². The lowest BCUT2D eigenvalue weighted by Crippen LogP contribution is -2.24. The van der Waals surface area contributed by atoms with E-state index in [2.05, 4.69) is 5.32 Å². The number of para-hydroxylation sites is 1. The molecule has 2 rings (SSSR count). The van der Waals surface area contributed by atoms with Crippen molar-refractivity contribution in [2.24, 2.45) is 0 Å². The minimum absolute atomic E-state index is 0.292. The quantitative estimate of drug-likeness (QED) is 0.567. The van der Waals surface area contributed by atoms with Crippen molar-refractivity contribution >= 4 is 23.9 Å². The minimum Gasteiger partial charge on any atom is -0.493 e. The molecule has 0 aliphatic carbocycles. The van der Waals surface area contributed by atoms with E-state index in [-0.39, 0.29) is 0 Å². The van der Waals surface area contributed by atoms with E-state index in [4.69, 9.17) is 14.2 Å². The average molecular weight is 371 g/mol. The Labute approximate surface area is 157 Å². The molecule has 0 heterocycles. The smallest absolute Gasteiger partial charge is 0.344 e. The van der Waals surface area contributed by atoms with Crippen LogP contribution in [-0.4, -0.2) is 38.5 Å². The molecular formula is C20H21NO6. The molecule has 7 nitrogen and oxygen atoms in total. The van der Waals surface area contributed by atoms with E-state index < -0.39 is 25.1 Å². The van der Waals surface area contributed by atoms with Gasteiger partial charge in [-0.1, -0.05) is 18.2 Å². The average Bonchev–Trinajstić information content (AvgIpc) is 2.67. The van der Waals surface area contributed by atoms with E-state index in [1.54, 1.807) is 0 Å². The largest absolute Gasteiger partial charge is 0.493 e. The summed E-state index contributed by atoms with van der Waals surface area (Å²) in [5.74, 6) is -0.526. The van der Waals surface area contributed by atoms with Crippen LogP contribution in [0.15, 0.2) is 36.4 Å². The van der Waals surface area contributed by atoms with Gasteiger partial charge < -0.3 is 19.5 Å². The number of rotatable bonds is 8. The van der Waals surface area contributed by atoms with Gasteiger partial charge in [-0.05, 0) is 43.2 Å². The maximum atomic E-state index is 12.0. The summed E-state index contributed by atoms with van der Waals surface area (Å²) in [6.07, 6.45) is 0.676. The van der Waals surface area contributed by atoms with Gasteiger partial charge >= 0.3 is 5.97 Å². The van der Waals surface area contributed by atoms with Crippen molar-refractivity contribution in [1.82, 2.24) is 0 Å². The molecule has 0 unspecified atom stereocenters. The Kier molecular flexibility index (Phi) is 6.93. The Morgan fingerprint density at radius 1 is 1.04 bits per heavy atom. The van der Waals surface area contributed by atoms with E-state index in [0.717, 1.165) is 11.1 Å². The molecule has 0 saturated heterocycles. The molecule has 2 aromatic carbocycles. The van der Waals surface area contributed by atoms with E-state index in [1.165, 1.54) is 25.3 Å². The molecule has 0 spiro atoms. The van der Waals surface area contributed by atoms with Crippen LogP contribution in [0.1, 0.15) is 21.5 Å². The van der Waals surface area contributed by atoms with Gasteiger partial charge in [-0.25, -0.2) is 4.79 Å². The van der Waals surface area contributed by atoms with Gasteiger partial charge in [0.25, 0.3) is 5.91 Å². The van der Waals surface area contributed by atoms with Gasteiger partial charge in [0.2, 0.25) is 0 Å². The van der Waals surface area contributed by atoms with E-state index in [0.29, 0.717) is 29.0 Å². The second kappa shape index (κ2) is 9.38. The van der Waals surface area contributed by atoms with Crippen molar-refractivity contribution < 1.29 is 28.6 Å². The number of ether oxygens (including phenoxy) is 3. The highest BCUT2D eigenvalue weighted by Gasteiger charge is 2.12. The molecule has 0 saturated carbocycles. The highest BCUT2D eigenvalue weighted by molar-refractivity contribution is 5.94. The Morgan fingerprint density at radius 3 is 2.37 bits per heavy atom. The number of nitrogens with one attached hydrogen (secondary N) is 1. The summed E-state index contributed by atoms with van der Waals surface area (Å²) in [6, 6.07) is 10.2. The van der Waals surface area contributed by atoms with Crippen LogP contribution in [0.2, 0.25) is 0 Å². The van der Waals surface area contributed by atoms with Gasteiger partial charge in [-0.2, -0.15) is 0 Å². The Balaban J connectivity index is 1.84. The molecule has 0 fully saturated rings. The van der Waals surface area contributed by atoms with Crippen molar-refractivity contribution in [1.29, 1.82) is 0 Å². The third-order valence-electron chi connectivity index (χ3n) is 3.78. The number of aldehydes is 1. The van der Waals surface area contributed by atoms with Gasteiger partial charge in [0.05, 0.1) is 7.11 Å². The predicted molar refractivity (Wildman–Crippen MR) is 99.4 cm³/mol. The second-order valence-electron chi connectivity index (χ2n) is 5.79. The summed E-state index contributed by atoms with van der Waals surface area (Å²) in [5.41, 5.74) is 2.97. The predicted octanol–water partition coefficient (Wildman–Crippen LogP) is 2.69. The van der Waals surface area contributed by atoms with Gasteiger partial charge in [0.1, 0.15) is 6.29 Å². The van der Waals surface area contributed by atoms with E-state index in [1.807, 2.05) is 32.0 Å². The molecule has 1 amide bonds. The van der Waals surface area contributed by atoms with Crippen LogP contribution in [0.25, 0.3) is 0 Å². The maximum absolute atomic E-state index is 12.0. The maximum Gasteiger partial charge on any atom is 0.344 e. The van der Waals surface area contributed by atoms with Gasteiger partial charge in [-0.15, -0.1) is 0 Å². The lowest BCUT2D eigenvalue weighted by molar-refractivity contribution is -0.149. The highest BCUT2D eigenvalue weighted by Crippen LogP contribution is 2.27. The zero-order valence-electron chi connectivity index (χ0n) is 15.4. The number of hydrogen-bond donors (Lipinski definition) is 1. The summed E-state index contributed by atoms with van der Waals surface area (Å²) in [4.78, 5) is 34.6. The number of methoxy groups -OCH3 is 1. The van der Waals surface area contributed by atoms with Gasteiger partial charge in [0, 0.05) is 11.3 Å². The first-order valence-corrected chi connectivity index (χ1v) is 8.22. The number of hydrogen-bond acceptors (Lipinski definition) is 6. The fraction of sp³-hybridized carbons (Fsp3) is 0.250. The number of esters is 1. The lowest BCUT2D eigenvalue weighted by Gasteiger charge is -2.12. The van der Waals surface area contributed by atoms with Crippen LogP contribution in [0, 0.1) is 13.8 Å². The zero-order chi connectivity index (χ0) is 19.8. The Morgan fingerprint density at radius 2 is 1.74 bits per heavy atom. The molecule has 0 atom stereocenters. The van der Waals surface area contributed by atoms with Crippen molar-refractivity contribution in [3.05, 3.63) is 53.1 Å². The molecule has 0 aliphatic heterocycles. The minimum atomic E-state index is -0.701. The zero-order valence-corrected chi connectivity index (χ0v) is 15.4. The van der Waals surface area contributed by atoms with Gasteiger partial charge in [-0.3, -0.25) is 9.59 Å². The van der Waals surface area contributed by atoms with Crippen LogP contribution >= 0.6 is 0 Å². The van der Waals surface area contributed by atoms with Gasteiger partial charge in [0.15, 0.2) is 24.7 Å².